The zero-order valence-electron chi connectivity index (χ0n) is 16.0. The number of nitrogens with one attached hydrogen (secondary N) is 1. The molecule has 0 radical (unpaired) electrons. The van der Waals surface area contributed by atoms with Crippen LogP contribution in [0.2, 0.25) is 5.02 Å². The fraction of sp³-hybridized carbons (Fsp3) is 0.391. The molecule has 0 saturated heterocycles. The van der Waals surface area contributed by atoms with Crippen LogP contribution in [0.15, 0.2) is 53.6 Å². The first-order valence-electron chi connectivity index (χ1n) is 9.87. The number of para-hydroxylation sites is 1. The predicted molar refractivity (Wildman–Crippen MR) is 112 cm³/mol. The summed E-state index contributed by atoms with van der Waals surface area (Å²) in [7, 11) is 0. The van der Waals surface area contributed by atoms with Gasteiger partial charge in [0.15, 0.2) is 0 Å². The Morgan fingerprint density at radius 2 is 2.04 bits per heavy atom. The minimum absolute atomic E-state index is 0.0465. The number of fused-ring (bicyclic) bond motifs is 1. The molecule has 2 aromatic rings. The molecular weight excluding hydrogens is 372 g/mol. The van der Waals surface area contributed by atoms with E-state index in [4.69, 9.17) is 16.3 Å². The highest BCUT2D eigenvalue weighted by Gasteiger charge is 2.64. The van der Waals surface area contributed by atoms with Crippen molar-refractivity contribution in [1.29, 1.82) is 0 Å². The van der Waals surface area contributed by atoms with Gasteiger partial charge in [-0.15, -0.1) is 0 Å². The molecule has 2 aromatic carbocycles. The van der Waals surface area contributed by atoms with Gasteiger partial charge in [-0.3, -0.25) is 4.79 Å². The molecule has 2 aliphatic rings. The van der Waals surface area contributed by atoms with Crippen LogP contribution in [0, 0.1) is 17.3 Å². The number of ether oxygens (including phenoxy) is 1. The molecule has 0 spiro atoms. The third-order valence-electron chi connectivity index (χ3n) is 6.22. The second kappa shape index (κ2) is 7.96. The SMILES string of the molecule is C[C@]12CCCC[C@H]1[C@@H]2C(=O)N/N=C\c1ccccc1OCc1ccc(Cl)cc1. The van der Waals surface area contributed by atoms with E-state index in [9.17, 15) is 4.79 Å². The Kier molecular flexibility index (Phi) is 5.40. The van der Waals surface area contributed by atoms with Crippen molar-refractivity contribution < 1.29 is 9.53 Å². The topological polar surface area (TPSA) is 50.7 Å². The standard InChI is InChI=1S/C23H25ClN2O2/c1-23-13-5-4-7-19(23)21(23)22(27)26-25-14-17-6-2-3-8-20(17)28-15-16-9-11-18(24)12-10-16/h2-3,6,8-12,14,19,21H,4-5,7,13,15H2,1H3,(H,26,27)/b25-14-/t19-,21+,23-/m0/s1. The third kappa shape index (κ3) is 3.93. The summed E-state index contributed by atoms with van der Waals surface area (Å²) in [6.45, 7) is 2.68. The number of carbonyl (C=O) groups excluding carboxylic acids is 1. The van der Waals surface area contributed by atoms with Crippen LogP contribution >= 0.6 is 11.6 Å². The first-order chi connectivity index (χ1) is 13.6. The number of carbonyl (C=O) groups is 1. The van der Waals surface area contributed by atoms with E-state index in [1.165, 1.54) is 19.3 Å². The van der Waals surface area contributed by atoms with Gasteiger partial charge in [0.1, 0.15) is 12.4 Å². The molecule has 1 amide bonds. The van der Waals surface area contributed by atoms with Crippen LogP contribution in [-0.4, -0.2) is 12.1 Å². The zero-order valence-corrected chi connectivity index (χ0v) is 16.8. The summed E-state index contributed by atoms with van der Waals surface area (Å²) < 4.78 is 5.93. The van der Waals surface area contributed by atoms with Crippen molar-refractivity contribution in [3.8, 4) is 5.75 Å². The molecule has 0 aromatic heterocycles. The number of hydrogen-bond donors (Lipinski definition) is 1. The Bertz CT molecular complexity index is 880. The molecule has 1 N–H and O–H groups in total. The van der Waals surface area contributed by atoms with E-state index in [2.05, 4.69) is 17.5 Å². The monoisotopic (exact) mass is 396 g/mol. The Morgan fingerprint density at radius 1 is 1.25 bits per heavy atom. The average Bonchev–Trinajstić information content (AvgIpc) is 3.34. The number of hydrogen-bond acceptors (Lipinski definition) is 3. The Balaban J connectivity index is 1.35. The minimum atomic E-state index is 0.0465. The van der Waals surface area contributed by atoms with E-state index in [0.29, 0.717) is 17.5 Å². The van der Waals surface area contributed by atoms with Gasteiger partial charge in [0, 0.05) is 16.5 Å². The van der Waals surface area contributed by atoms with Crippen LogP contribution in [-0.2, 0) is 11.4 Å². The van der Waals surface area contributed by atoms with Gasteiger partial charge in [-0.1, -0.05) is 55.6 Å². The molecule has 3 atom stereocenters. The lowest BCUT2D eigenvalue weighted by Gasteiger charge is -2.15. The molecule has 5 heteroatoms. The lowest BCUT2D eigenvalue weighted by Crippen LogP contribution is -2.22. The fourth-order valence-electron chi connectivity index (χ4n) is 4.55. The molecule has 2 saturated carbocycles. The van der Waals surface area contributed by atoms with E-state index in [-0.39, 0.29) is 17.2 Å². The Hall–Kier alpha value is -2.33. The normalized spacial score (nSPS) is 25.9. The van der Waals surface area contributed by atoms with Crippen molar-refractivity contribution in [3.63, 3.8) is 0 Å². The maximum absolute atomic E-state index is 12.5. The van der Waals surface area contributed by atoms with Gasteiger partial charge in [0.05, 0.1) is 6.21 Å². The molecule has 0 heterocycles. The quantitative estimate of drug-likeness (QED) is 0.539. The van der Waals surface area contributed by atoms with E-state index in [1.54, 1.807) is 6.21 Å². The summed E-state index contributed by atoms with van der Waals surface area (Å²) in [4.78, 5) is 12.5. The highest BCUT2D eigenvalue weighted by atomic mass is 35.5. The predicted octanol–water partition coefficient (Wildman–Crippen LogP) is 5.20. The van der Waals surface area contributed by atoms with Crippen molar-refractivity contribution in [2.24, 2.45) is 22.4 Å². The van der Waals surface area contributed by atoms with Crippen LogP contribution in [0.5, 0.6) is 5.75 Å². The first kappa shape index (κ1) is 19.0. The smallest absolute Gasteiger partial charge is 0.244 e. The maximum Gasteiger partial charge on any atom is 0.244 e. The Morgan fingerprint density at radius 3 is 2.79 bits per heavy atom. The molecule has 0 aliphatic heterocycles. The number of halogens is 1. The van der Waals surface area contributed by atoms with E-state index in [1.807, 2.05) is 48.5 Å². The van der Waals surface area contributed by atoms with Gasteiger partial charge < -0.3 is 4.74 Å². The van der Waals surface area contributed by atoms with E-state index >= 15 is 0 Å². The zero-order chi connectivity index (χ0) is 19.6. The van der Waals surface area contributed by atoms with Gasteiger partial charge in [0.2, 0.25) is 5.91 Å². The number of amides is 1. The first-order valence-corrected chi connectivity index (χ1v) is 10.2. The van der Waals surface area contributed by atoms with Crippen LogP contribution in [0.3, 0.4) is 0 Å². The van der Waals surface area contributed by atoms with Gasteiger partial charge in [-0.2, -0.15) is 5.10 Å². The summed E-state index contributed by atoms with van der Waals surface area (Å²) in [5, 5.41) is 4.90. The van der Waals surface area contributed by atoms with Crippen molar-refractivity contribution in [2.75, 3.05) is 0 Å². The fourth-order valence-corrected chi connectivity index (χ4v) is 4.67. The molecular formula is C23H25ClN2O2. The highest BCUT2D eigenvalue weighted by Crippen LogP contribution is 2.66. The molecule has 0 bridgehead atoms. The number of rotatable bonds is 6. The Labute approximate surface area is 170 Å². The van der Waals surface area contributed by atoms with Crippen molar-refractivity contribution in [1.82, 2.24) is 5.43 Å². The summed E-state index contributed by atoms with van der Waals surface area (Å²) in [5.41, 5.74) is 4.80. The summed E-state index contributed by atoms with van der Waals surface area (Å²) in [5.74, 6) is 1.42. The summed E-state index contributed by atoms with van der Waals surface area (Å²) in [6.07, 6.45) is 6.45. The number of benzene rings is 2. The van der Waals surface area contributed by atoms with Gasteiger partial charge in [0.25, 0.3) is 0 Å². The third-order valence-corrected chi connectivity index (χ3v) is 6.47. The highest BCUT2D eigenvalue weighted by molar-refractivity contribution is 6.30. The molecule has 0 unspecified atom stereocenters. The summed E-state index contributed by atoms with van der Waals surface area (Å²) >= 11 is 5.92. The largest absolute Gasteiger partial charge is 0.488 e. The lowest BCUT2D eigenvalue weighted by atomic mass is 9.90. The van der Waals surface area contributed by atoms with Crippen LogP contribution in [0.25, 0.3) is 0 Å². The number of nitrogens with zero attached hydrogens (tertiary/aromatic N) is 1. The van der Waals surface area contributed by atoms with E-state index in [0.717, 1.165) is 23.3 Å². The van der Waals surface area contributed by atoms with Gasteiger partial charge in [-0.05, 0) is 54.0 Å². The van der Waals surface area contributed by atoms with Crippen molar-refractivity contribution in [2.45, 2.75) is 39.2 Å². The van der Waals surface area contributed by atoms with Crippen molar-refractivity contribution in [3.05, 3.63) is 64.7 Å². The lowest BCUT2D eigenvalue weighted by molar-refractivity contribution is -0.123. The van der Waals surface area contributed by atoms with E-state index < -0.39 is 0 Å². The molecule has 4 rings (SSSR count). The van der Waals surface area contributed by atoms with Crippen LogP contribution < -0.4 is 10.2 Å². The maximum atomic E-state index is 12.5. The molecule has 2 aliphatic carbocycles. The van der Waals surface area contributed by atoms with Crippen molar-refractivity contribution >= 4 is 23.7 Å². The van der Waals surface area contributed by atoms with Gasteiger partial charge >= 0.3 is 0 Å². The van der Waals surface area contributed by atoms with Gasteiger partial charge in [-0.25, -0.2) is 5.43 Å². The summed E-state index contributed by atoms with van der Waals surface area (Å²) in [6, 6.07) is 15.2. The average molecular weight is 397 g/mol. The number of hydrazone groups is 1. The molecule has 4 nitrogen and oxygen atoms in total. The second-order valence-electron chi connectivity index (χ2n) is 8.02. The van der Waals surface area contributed by atoms with Crippen LogP contribution in [0.4, 0.5) is 0 Å². The molecule has 28 heavy (non-hydrogen) atoms. The minimum Gasteiger partial charge on any atom is -0.488 e. The van der Waals surface area contributed by atoms with Crippen LogP contribution in [0.1, 0.15) is 43.7 Å². The molecule has 2 fully saturated rings. The molecule has 146 valence electrons. The second-order valence-corrected chi connectivity index (χ2v) is 8.46.